The van der Waals surface area contributed by atoms with Crippen molar-refractivity contribution >= 4 is 64.6 Å². The first kappa shape index (κ1) is 79.8. The minimum Gasteiger partial charge on any atom is -0.0622 e. The van der Waals surface area contributed by atoms with Crippen molar-refractivity contribution in [3.63, 3.8) is 0 Å². The van der Waals surface area contributed by atoms with Gasteiger partial charge in [-0.05, 0) is 343 Å². The molecule has 25 rings (SSSR count). The molecule has 0 fully saturated rings. The van der Waals surface area contributed by atoms with Crippen LogP contribution in [0.2, 0.25) is 0 Å². The van der Waals surface area contributed by atoms with Crippen molar-refractivity contribution < 1.29 is 0 Å². The van der Waals surface area contributed by atoms with Crippen molar-refractivity contribution in [2.75, 3.05) is 0 Å². The Morgan fingerprint density at radius 2 is 0.417 bits per heavy atom. The Labute approximate surface area is 774 Å². The molecule has 0 radical (unpaired) electrons. The minimum atomic E-state index is -0.462. The van der Waals surface area contributed by atoms with Gasteiger partial charge in [-0.25, -0.2) is 0 Å². The Bertz CT molecular complexity index is 8290. The van der Waals surface area contributed by atoms with E-state index in [1.165, 1.54) is 254 Å². The van der Waals surface area contributed by atoms with Crippen molar-refractivity contribution in [2.24, 2.45) is 0 Å². The largest absolute Gasteiger partial charge is 0.0725 e. The van der Waals surface area contributed by atoms with E-state index in [-0.39, 0.29) is 16.2 Å². The predicted octanol–water partition coefficient (Wildman–Crippen LogP) is 36.2. The molecule has 0 aliphatic heterocycles. The Morgan fingerprint density at radius 1 is 0.152 bits per heavy atom. The van der Waals surface area contributed by atoms with Gasteiger partial charge in [0.15, 0.2) is 0 Å². The lowest BCUT2D eigenvalue weighted by atomic mass is 9.70. The maximum atomic E-state index is 2.51. The topological polar surface area (TPSA) is 0 Å². The molecule has 0 bridgehead atoms. The Balaban J connectivity index is 0.000000146. The highest BCUT2D eigenvalue weighted by molar-refractivity contribution is 6.24. The lowest BCUT2D eigenvalue weighted by molar-refractivity contribution is 0.590. The van der Waals surface area contributed by atoms with Gasteiger partial charge in [-0.15, -0.1) is 0 Å². The van der Waals surface area contributed by atoms with Gasteiger partial charge >= 0.3 is 0 Å². The van der Waals surface area contributed by atoms with Crippen molar-refractivity contribution in [3.8, 4) is 145 Å². The molecule has 0 nitrogen and oxygen atoms in total. The first-order chi connectivity index (χ1) is 64.4. The van der Waals surface area contributed by atoms with Crippen LogP contribution in [0.5, 0.6) is 0 Å². The molecule has 0 atom stereocenters. The predicted molar refractivity (Wildman–Crippen MR) is 564 cm³/mol. The monoisotopic (exact) mass is 1680 g/mol. The van der Waals surface area contributed by atoms with E-state index >= 15 is 0 Å². The number of benzene rings is 22. The van der Waals surface area contributed by atoms with Gasteiger partial charge < -0.3 is 0 Å². The molecule has 22 aromatic carbocycles. The van der Waals surface area contributed by atoms with Crippen LogP contribution in [0.1, 0.15) is 99.9 Å². The molecule has 0 amide bonds. The van der Waals surface area contributed by atoms with E-state index in [9.17, 15) is 0 Å². The zero-order chi connectivity index (χ0) is 88.9. The van der Waals surface area contributed by atoms with E-state index < -0.39 is 5.41 Å². The summed E-state index contributed by atoms with van der Waals surface area (Å²) in [6, 6.07) is 169. The van der Waals surface area contributed by atoms with Crippen LogP contribution < -0.4 is 0 Å². The first-order valence-corrected chi connectivity index (χ1v) is 46.7. The molecule has 3 aliphatic carbocycles. The normalized spacial score (nSPS) is 13.1. The van der Waals surface area contributed by atoms with Gasteiger partial charge in [0.05, 0.1) is 5.41 Å². The second-order valence-electron chi connectivity index (χ2n) is 39.3. The molecule has 22 aromatic rings. The second-order valence-corrected chi connectivity index (χ2v) is 39.3. The van der Waals surface area contributed by atoms with E-state index in [4.69, 9.17) is 0 Å². The summed E-state index contributed by atoms with van der Waals surface area (Å²) >= 11 is 0. The molecule has 0 saturated heterocycles. The molecule has 132 heavy (non-hydrogen) atoms. The van der Waals surface area contributed by atoms with E-state index in [0.717, 1.165) is 0 Å². The summed E-state index contributed by atoms with van der Waals surface area (Å²) in [5.41, 5.74) is 43.0. The van der Waals surface area contributed by atoms with E-state index in [2.05, 4.69) is 504 Å². The van der Waals surface area contributed by atoms with Gasteiger partial charge in [-0.3, -0.25) is 0 Å². The number of hydrogen-bond acceptors (Lipinski definition) is 0. The molecule has 0 aromatic heterocycles. The van der Waals surface area contributed by atoms with Crippen LogP contribution >= 0.6 is 0 Å². The highest BCUT2D eigenvalue weighted by Gasteiger charge is 2.52. The summed E-state index contributed by atoms with van der Waals surface area (Å²) in [6.07, 6.45) is 0. The number of hydrogen-bond donors (Lipinski definition) is 0. The van der Waals surface area contributed by atoms with Crippen molar-refractivity contribution in [2.45, 2.75) is 77.0 Å². The standard InChI is InChI=1S/C69H44.C63H54/c1-4-19-45(20-5-1)49-35-37-57-58-38-36-50(44-66(58)69(65(57)43-49)63-33-16-14-27-55(63)56-28-15-17-34-64(56)69)48-25-18-26-51(39-48)67-59-29-10-12-31-61(59)68(62-32-13-11-30-60(62)67)54-41-52(46-21-6-2-7-22-46)40-53(42-54)47-23-8-3-9-24-47;1-61(2,3)49-27-31-54-55(37-49)59(47-22-18-40-16-12-13-17-41(40)33-47)53-30-26-50(62(4,5)6)38-56(53)60(54)48-23-21-42-32-43(19-20-44(42)34-48)46-25-29-52-51-28-24-45(39-14-10-9-11-15-39)35-57(51)63(7,8)58(52)36-46/h1-44H;9-38H,1-8H3. The lowest BCUT2D eigenvalue weighted by Crippen LogP contribution is -2.26. The van der Waals surface area contributed by atoms with Crippen LogP contribution in [0.3, 0.4) is 0 Å². The molecule has 0 N–H and O–H groups in total. The molecule has 0 heterocycles. The van der Waals surface area contributed by atoms with Gasteiger partial charge in [-0.1, -0.05) is 425 Å². The third-order valence-electron chi connectivity index (χ3n) is 29.2. The fourth-order valence-corrected chi connectivity index (χ4v) is 22.5. The SMILES string of the molecule is CC(C)(C)c1ccc2c(-c3ccc4cc(-c5ccc6c(c5)C(C)(C)c5cc(-c7ccccc7)ccc5-6)ccc4c3)c3cc(C(C)(C)C)ccc3c(-c3ccc4ccccc4c3)c2c1.c1ccc(-c2cc(-c3ccccc3)cc(-c3c4ccccc4c(-c4cccc(-c5ccc6c(c5)C5(c7ccccc7-c7ccccc75)c5cc(-c7ccccc7)ccc5-6)c4)c4ccccc34)c2)cc1. The van der Waals surface area contributed by atoms with E-state index in [1.54, 1.807) is 0 Å². The molecular weight excluding hydrogens is 1590 g/mol. The molecule has 0 saturated carbocycles. The maximum Gasteiger partial charge on any atom is 0.0725 e. The fourth-order valence-electron chi connectivity index (χ4n) is 22.5. The second kappa shape index (κ2) is 31.1. The summed E-state index contributed by atoms with van der Waals surface area (Å²) in [5, 5.41) is 15.2. The maximum absolute atomic E-state index is 2.51. The van der Waals surface area contributed by atoms with Gasteiger partial charge in [0.25, 0.3) is 0 Å². The molecule has 3 aliphatic rings. The minimum absolute atomic E-state index is 0.0000699. The molecule has 1 spiro atoms. The van der Waals surface area contributed by atoms with Crippen LogP contribution in [-0.4, -0.2) is 0 Å². The van der Waals surface area contributed by atoms with Gasteiger partial charge in [-0.2, -0.15) is 0 Å². The summed E-state index contributed by atoms with van der Waals surface area (Å²) in [5.74, 6) is 0. The van der Waals surface area contributed by atoms with Gasteiger partial charge in [0, 0.05) is 5.41 Å². The van der Waals surface area contributed by atoms with Gasteiger partial charge in [0.1, 0.15) is 0 Å². The van der Waals surface area contributed by atoms with Crippen molar-refractivity contribution in [3.05, 3.63) is 493 Å². The van der Waals surface area contributed by atoms with Crippen LogP contribution in [-0.2, 0) is 21.7 Å². The van der Waals surface area contributed by atoms with Crippen LogP contribution in [0.15, 0.2) is 449 Å². The fraction of sp³-hybridized carbons (Fsp3) is 0.0909. The highest BCUT2D eigenvalue weighted by Crippen LogP contribution is 2.64. The smallest absolute Gasteiger partial charge is 0.0622 e. The quantitative estimate of drug-likeness (QED) is 0.120. The Hall–Kier alpha value is -15.6. The third kappa shape index (κ3) is 13.2. The molecule has 0 heteroatoms. The van der Waals surface area contributed by atoms with E-state index in [1.807, 2.05) is 0 Å². The number of fused-ring (bicyclic) bond motifs is 19. The summed E-state index contributed by atoms with van der Waals surface area (Å²) in [7, 11) is 0. The summed E-state index contributed by atoms with van der Waals surface area (Å²) < 4.78 is 0. The molecule has 0 unspecified atom stereocenters. The van der Waals surface area contributed by atoms with Crippen molar-refractivity contribution in [1.82, 2.24) is 0 Å². The Kier molecular flexibility index (Phi) is 18.8. The summed E-state index contributed by atoms with van der Waals surface area (Å²) in [4.78, 5) is 0. The summed E-state index contributed by atoms with van der Waals surface area (Å²) in [6.45, 7) is 18.7. The average molecular weight is 1680 g/mol. The first-order valence-electron chi connectivity index (χ1n) is 46.7. The van der Waals surface area contributed by atoms with E-state index in [0.29, 0.717) is 0 Å². The van der Waals surface area contributed by atoms with Crippen LogP contribution in [0.25, 0.3) is 209 Å². The van der Waals surface area contributed by atoms with Crippen LogP contribution in [0, 0.1) is 0 Å². The Morgan fingerprint density at radius 3 is 0.864 bits per heavy atom. The van der Waals surface area contributed by atoms with Gasteiger partial charge in [0.2, 0.25) is 0 Å². The zero-order valence-electron chi connectivity index (χ0n) is 75.7. The third-order valence-corrected chi connectivity index (χ3v) is 29.2. The number of rotatable bonds is 10. The molecule has 626 valence electrons. The highest BCUT2D eigenvalue weighted by atomic mass is 14.5. The average Bonchev–Trinajstić information content (AvgIpc) is 1.50. The van der Waals surface area contributed by atoms with Crippen LogP contribution in [0.4, 0.5) is 0 Å². The zero-order valence-corrected chi connectivity index (χ0v) is 75.7. The lowest BCUT2D eigenvalue weighted by Gasteiger charge is -2.31. The van der Waals surface area contributed by atoms with Crippen molar-refractivity contribution in [1.29, 1.82) is 0 Å². The molecular formula is C132H98.